The van der Waals surface area contributed by atoms with E-state index in [1.165, 1.54) is 6.07 Å². The molecule has 0 aromatic heterocycles. The molecule has 1 aromatic rings. The number of hydrogen-bond acceptors (Lipinski definition) is 1. The van der Waals surface area contributed by atoms with Gasteiger partial charge in [0.1, 0.15) is 5.82 Å². The quantitative estimate of drug-likeness (QED) is 0.801. The summed E-state index contributed by atoms with van der Waals surface area (Å²) in [6.45, 7) is 8.13. The third-order valence-corrected chi connectivity index (χ3v) is 3.04. The van der Waals surface area contributed by atoms with Crippen LogP contribution in [0, 0.1) is 11.7 Å². The molecule has 3 heteroatoms. The van der Waals surface area contributed by atoms with Gasteiger partial charge >= 0.3 is 0 Å². The standard InChI is InChI=1S/C15H21ClFN/c1-4-12(10-18-9-11(2)3)8-13-14(16)6-5-7-15(13)17/h5-8,11,18H,4,9-10H2,1-3H3. The molecule has 0 spiro atoms. The fourth-order valence-electron chi connectivity index (χ4n) is 1.65. The first-order valence-electron chi connectivity index (χ1n) is 6.38. The Kier molecular flexibility index (Phi) is 6.37. The first-order chi connectivity index (χ1) is 8.54. The van der Waals surface area contributed by atoms with Gasteiger partial charge in [-0.05, 0) is 31.0 Å². The topological polar surface area (TPSA) is 12.0 Å². The summed E-state index contributed by atoms with van der Waals surface area (Å²) in [5.41, 5.74) is 1.64. The maximum atomic E-state index is 13.6. The fourth-order valence-corrected chi connectivity index (χ4v) is 1.87. The van der Waals surface area contributed by atoms with Crippen LogP contribution in [0.25, 0.3) is 6.08 Å². The molecule has 0 fully saturated rings. The molecular weight excluding hydrogens is 249 g/mol. The predicted octanol–water partition coefficient (Wildman–Crippen LogP) is 4.52. The highest BCUT2D eigenvalue weighted by Crippen LogP contribution is 2.22. The highest BCUT2D eigenvalue weighted by Gasteiger charge is 2.05. The van der Waals surface area contributed by atoms with Crippen molar-refractivity contribution in [2.75, 3.05) is 13.1 Å². The monoisotopic (exact) mass is 269 g/mol. The minimum absolute atomic E-state index is 0.266. The summed E-state index contributed by atoms with van der Waals surface area (Å²) in [4.78, 5) is 0. The summed E-state index contributed by atoms with van der Waals surface area (Å²) < 4.78 is 13.6. The van der Waals surface area contributed by atoms with Crippen molar-refractivity contribution in [2.24, 2.45) is 5.92 Å². The highest BCUT2D eigenvalue weighted by molar-refractivity contribution is 6.32. The predicted molar refractivity (Wildman–Crippen MR) is 77.4 cm³/mol. The number of halogens is 2. The lowest BCUT2D eigenvalue weighted by molar-refractivity contribution is 0.569. The molecule has 0 atom stereocenters. The lowest BCUT2D eigenvalue weighted by Gasteiger charge is -2.10. The Morgan fingerprint density at radius 2 is 2.17 bits per heavy atom. The normalized spacial score (nSPS) is 12.2. The van der Waals surface area contributed by atoms with Crippen molar-refractivity contribution in [1.29, 1.82) is 0 Å². The maximum absolute atomic E-state index is 13.6. The third kappa shape index (κ3) is 4.79. The van der Waals surface area contributed by atoms with Gasteiger partial charge in [0.15, 0.2) is 0 Å². The molecule has 18 heavy (non-hydrogen) atoms. The highest BCUT2D eigenvalue weighted by atomic mass is 35.5. The van der Waals surface area contributed by atoms with E-state index in [9.17, 15) is 4.39 Å². The van der Waals surface area contributed by atoms with Crippen molar-refractivity contribution in [3.05, 3.63) is 40.2 Å². The van der Waals surface area contributed by atoms with Crippen LogP contribution in [-0.2, 0) is 0 Å². The van der Waals surface area contributed by atoms with Gasteiger partial charge in [0.05, 0.1) is 5.02 Å². The molecule has 1 aromatic carbocycles. The molecule has 1 N–H and O–H groups in total. The van der Waals surface area contributed by atoms with Crippen LogP contribution < -0.4 is 5.32 Å². The molecule has 1 rings (SSSR count). The Hall–Kier alpha value is -0.860. The Labute approximate surface area is 114 Å². The summed E-state index contributed by atoms with van der Waals surface area (Å²) in [5.74, 6) is 0.345. The van der Waals surface area contributed by atoms with Crippen LogP contribution in [0.4, 0.5) is 4.39 Å². The van der Waals surface area contributed by atoms with Gasteiger partial charge in [-0.2, -0.15) is 0 Å². The number of rotatable bonds is 6. The van der Waals surface area contributed by atoms with Gasteiger partial charge in [-0.15, -0.1) is 0 Å². The number of hydrogen-bond donors (Lipinski definition) is 1. The van der Waals surface area contributed by atoms with Crippen LogP contribution in [-0.4, -0.2) is 13.1 Å². The summed E-state index contributed by atoms with van der Waals surface area (Å²) in [6.07, 6.45) is 2.74. The Balaban J connectivity index is 2.77. The Morgan fingerprint density at radius 1 is 1.44 bits per heavy atom. The molecule has 0 heterocycles. The molecule has 0 saturated heterocycles. The molecule has 0 unspecified atom stereocenters. The second-order valence-corrected chi connectivity index (χ2v) is 5.22. The van der Waals surface area contributed by atoms with Gasteiger partial charge < -0.3 is 5.32 Å². The van der Waals surface area contributed by atoms with E-state index in [1.54, 1.807) is 12.1 Å². The van der Waals surface area contributed by atoms with Gasteiger partial charge in [-0.1, -0.05) is 50.1 Å². The fraction of sp³-hybridized carbons (Fsp3) is 0.467. The first-order valence-corrected chi connectivity index (χ1v) is 6.76. The van der Waals surface area contributed by atoms with Crippen LogP contribution in [0.5, 0.6) is 0 Å². The average Bonchev–Trinajstić information content (AvgIpc) is 2.31. The van der Waals surface area contributed by atoms with Crippen LogP contribution in [0.15, 0.2) is 23.8 Å². The van der Waals surface area contributed by atoms with Crippen molar-refractivity contribution >= 4 is 17.7 Å². The zero-order valence-electron chi connectivity index (χ0n) is 11.3. The lowest BCUT2D eigenvalue weighted by Crippen LogP contribution is -2.21. The second-order valence-electron chi connectivity index (χ2n) is 4.82. The lowest BCUT2D eigenvalue weighted by atomic mass is 10.1. The minimum Gasteiger partial charge on any atom is -0.313 e. The molecule has 0 aliphatic carbocycles. The summed E-state index contributed by atoms with van der Waals surface area (Å²) >= 11 is 6.01. The molecule has 0 saturated carbocycles. The minimum atomic E-state index is -0.266. The first kappa shape index (κ1) is 15.2. The van der Waals surface area contributed by atoms with Gasteiger partial charge in [0, 0.05) is 12.1 Å². The number of benzene rings is 1. The second kappa shape index (κ2) is 7.55. The molecule has 1 nitrogen and oxygen atoms in total. The van der Waals surface area contributed by atoms with Crippen LogP contribution >= 0.6 is 11.6 Å². The van der Waals surface area contributed by atoms with Crippen LogP contribution in [0.2, 0.25) is 5.02 Å². The van der Waals surface area contributed by atoms with Crippen molar-refractivity contribution < 1.29 is 4.39 Å². The van der Waals surface area contributed by atoms with Gasteiger partial charge in [0.2, 0.25) is 0 Å². The zero-order valence-corrected chi connectivity index (χ0v) is 12.0. The van der Waals surface area contributed by atoms with Gasteiger partial charge in [0.25, 0.3) is 0 Å². The van der Waals surface area contributed by atoms with E-state index in [4.69, 9.17) is 11.6 Å². The molecule has 0 amide bonds. The van der Waals surface area contributed by atoms with E-state index in [1.807, 2.05) is 6.08 Å². The van der Waals surface area contributed by atoms with E-state index in [-0.39, 0.29) is 5.82 Å². The third-order valence-electron chi connectivity index (χ3n) is 2.71. The smallest absolute Gasteiger partial charge is 0.131 e. The average molecular weight is 270 g/mol. The van der Waals surface area contributed by atoms with Crippen molar-refractivity contribution in [3.8, 4) is 0 Å². The molecule has 0 radical (unpaired) electrons. The Bertz CT molecular complexity index is 393. The van der Waals surface area contributed by atoms with Gasteiger partial charge in [-0.25, -0.2) is 4.39 Å². The van der Waals surface area contributed by atoms with Crippen molar-refractivity contribution in [1.82, 2.24) is 5.32 Å². The Morgan fingerprint density at radius 3 is 2.72 bits per heavy atom. The molecule has 100 valence electrons. The van der Waals surface area contributed by atoms with Gasteiger partial charge in [-0.3, -0.25) is 0 Å². The van der Waals surface area contributed by atoms with E-state index >= 15 is 0 Å². The van der Waals surface area contributed by atoms with E-state index < -0.39 is 0 Å². The maximum Gasteiger partial charge on any atom is 0.131 e. The van der Waals surface area contributed by atoms with Crippen LogP contribution in [0.3, 0.4) is 0 Å². The molecule has 0 bridgehead atoms. The van der Waals surface area contributed by atoms with Crippen molar-refractivity contribution in [2.45, 2.75) is 27.2 Å². The van der Waals surface area contributed by atoms with Crippen LogP contribution in [0.1, 0.15) is 32.8 Å². The largest absolute Gasteiger partial charge is 0.313 e. The van der Waals surface area contributed by atoms with E-state index in [0.717, 1.165) is 25.1 Å². The molecule has 0 aliphatic heterocycles. The SMILES string of the molecule is CCC(=Cc1c(F)cccc1Cl)CNCC(C)C. The van der Waals surface area contributed by atoms with Crippen molar-refractivity contribution in [3.63, 3.8) is 0 Å². The summed E-state index contributed by atoms with van der Waals surface area (Å²) in [5, 5.41) is 3.82. The van der Waals surface area contributed by atoms with E-state index in [2.05, 4.69) is 26.1 Å². The summed E-state index contributed by atoms with van der Waals surface area (Å²) in [6, 6.07) is 4.77. The molecule has 0 aliphatic rings. The van der Waals surface area contributed by atoms with E-state index in [0.29, 0.717) is 16.5 Å². The molecular formula is C15H21ClFN. The number of nitrogens with one attached hydrogen (secondary N) is 1. The summed E-state index contributed by atoms with van der Waals surface area (Å²) in [7, 11) is 0. The zero-order chi connectivity index (χ0) is 13.5.